The summed E-state index contributed by atoms with van der Waals surface area (Å²) in [7, 11) is 3.80. The van der Waals surface area contributed by atoms with Crippen LogP contribution in [0.25, 0.3) is 5.76 Å². The molecule has 2 aromatic rings. The second-order valence-corrected chi connectivity index (χ2v) is 9.49. The Hall–Kier alpha value is -3.78. The van der Waals surface area contributed by atoms with Gasteiger partial charge in [0.25, 0.3) is 11.7 Å². The number of hydrogen-bond acceptors (Lipinski definition) is 7. The number of carbonyl (C=O) groups excluding carboxylic acids is 2. The molecule has 8 heteroatoms. The van der Waals surface area contributed by atoms with Crippen molar-refractivity contribution in [3.05, 3.63) is 71.3 Å². The van der Waals surface area contributed by atoms with Crippen LogP contribution in [0, 0.1) is 0 Å². The maximum absolute atomic E-state index is 13.3. The third kappa shape index (κ3) is 5.34. The molecule has 37 heavy (non-hydrogen) atoms. The highest BCUT2D eigenvalue weighted by atomic mass is 16.5. The third-order valence-electron chi connectivity index (χ3n) is 6.44. The standard InChI is InChI=1S/C29H34N2O6/c1-6-14-36-23-11-8-19(17-24(23)35-7-2)26-25(28(33)29(34)31(26)13-12-30(4)5)27(32)20-9-10-22-21(16-20)15-18(3)37-22/h6,8-11,16-18,26,32H,1,7,12-15H2,2-5H3/t18-,26+/m0/s1. The number of aliphatic hydroxyl groups excluding tert-OH is 1. The minimum Gasteiger partial charge on any atom is -0.507 e. The molecule has 1 N–H and O–H groups in total. The van der Waals surface area contributed by atoms with E-state index in [4.69, 9.17) is 14.2 Å². The fraction of sp³-hybridized carbons (Fsp3) is 0.379. The Labute approximate surface area is 217 Å². The van der Waals surface area contributed by atoms with Gasteiger partial charge in [-0.15, -0.1) is 0 Å². The number of rotatable bonds is 10. The van der Waals surface area contributed by atoms with Crippen LogP contribution in [0.5, 0.6) is 17.2 Å². The number of amides is 1. The number of Topliss-reactive ketones (excluding diaryl/α,β-unsaturated/α-hetero) is 1. The van der Waals surface area contributed by atoms with Crippen molar-refractivity contribution in [1.82, 2.24) is 9.80 Å². The summed E-state index contributed by atoms with van der Waals surface area (Å²) < 4.78 is 17.3. The van der Waals surface area contributed by atoms with Crippen molar-refractivity contribution in [2.45, 2.75) is 32.4 Å². The van der Waals surface area contributed by atoms with Crippen LogP contribution in [-0.2, 0) is 16.0 Å². The Morgan fingerprint density at radius 1 is 1.19 bits per heavy atom. The molecule has 2 aromatic carbocycles. The number of aliphatic hydroxyl groups is 1. The number of ketones is 1. The quantitative estimate of drug-likeness (QED) is 0.226. The maximum atomic E-state index is 13.3. The van der Waals surface area contributed by atoms with Gasteiger partial charge in [-0.3, -0.25) is 9.59 Å². The van der Waals surface area contributed by atoms with E-state index in [0.717, 1.165) is 11.3 Å². The zero-order valence-electron chi connectivity index (χ0n) is 21.8. The van der Waals surface area contributed by atoms with Gasteiger partial charge in [0, 0.05) is 25.1 Å². The van der Waals surface area contributed by atoms with E-state index in [0.29, 0.717) is 55.4 Å². The highest BCUT2D eigenvalue weighted by Gasteiger charge is 2.46. The minimum atomic E-state index is -0.781. The van der Waals surface area contributed by atoms with Gasteiger partial charge in [0.15, 0.2) is 11.5 Å². The van der Waals surface area contributed by atoms with Gasteiger partial charge in [0.2, 0.25) is 0 Å². The molecular formula is C29H34N2O6. The van der Waals surface area contributed by atoms with Crippen molar-refractivity contribution in [3.63, 3.8) is 0 Å². The first kappa shape index (κ1) is 26.3. The van der Waals surface area contributed by atoms with Gasteiger partial charge >= 0.3 is 0 Å². The van der Waals surface area contributed by atoms with Crippen LogP contribution >= 0.6 is 0 Å². The summed E-state index contributed by atoms with van der Waals surface area (Å²) in [6, 6.07) is 9.88. The van der Waals surface area contributed by atoms with E-state index in [1.165, 1.54) is 4.90 Å². The van der Waals surface area contributed by atoms with Crippen molar-refractivity contribution < 1.29 is 28.9 Å². The van der Waals surface area contributed by atoms with Crippen molar-refractivity contribution in [2.24, 2.45) is 0 Å². The topological polar surface area (TPSA) is 88.5 Å². The Morgan fingerprint density at radius 2 is 1.97 bits per heavy atom. The molecule has 1 amide bonds. The summed E-state index contributed by atoms with van der Waals surface area (Å²) in [6.07, 6.45) is 2.39. The van der Waals surface area contributed by atoms with Gasteiger partial charge in [-0.2, -0.15) is 0 Å². The van der Waals surface area contributed by atoms with Crippen LogP contribution in [0.2, 0.25) is 0 Å². The minimum absolute atomic E-state index is 0.0443. The molecule has 0 radical (unpaired) electrons. The SMILES string of the molecule is C=CCOc1ccc([C@@H]2C(=C(O)c3ccc4c(c3)C[C@H](C)O4)C(=O)C(=O)N2CCN(C)C)cc1OCC. The van der Waals surface area contributed by atoms with E-state index in [9.17, 15) is 14.7 Å². The van der Waals surface area contributed by atoms with Crippen molar-refractivity contribution in [1.29, 1.82) is 0 Å². The summed E-state index contributed by atoms with van der Waals surface area (Å²) in [5.41, 5.74) is 2.13. The number of carbonyl (C=O) groups is 2. The Kier molecular flexibility index (Phi) is 7.88. The first-order chi connectivity index (χ1) is 17.7. The predicted octanol–water partition coefficient (Wildman–Crippen LogP) is 3.96. The number of benzene rings is 2. The average molecular weight is 507 g/mol. The number of nitrogens with zero attached hydrogens (tertiary/aromatic N) is 2. The fourth-order valence-corrected chi connectivity index (χ4v) is 4.72. The molecule has 8 nitrogen and oxygen atoms in total. The molecule has 0 aliphatic carbocycles. The largest absolute Gasteiger partial charge is 0.507 e. The van der Waals surface area contributed by atoms with Crippen LogP contribution in [0.15, 0.2) is 54.6 Å². The Bertz CT molecular complexity index is 1230. The van der Waals surface area contributed by atoms with Crippen molar-refractivity contribution >= 4 is 17.4 Å². The summed E-state index contributed by atoms with van der Waals surface area (Å²) in [4.78, 5) is 30.0. The van der Waals surface area contributed by atoms with Crippen LogP contribution in [-0.4, -0.2) is 73.1 Å². The number of hydrogen-bond donors (Lipinski definition) is 1. The molecule has 4 rings (SSSR count). The summed E-state index contributed by atoms with van der Waals surface area (Å²) in [5, 5.41) is 11.4. The van der Waals surface area contributed by atoms with Gasteiger partial charge in [0.05, 0.1) is 18.2 Å². The van der Waals surface area contributed by atoms with Crippen molar-refractivity contribution in [2.75, 3.05) is 40.4 Å². The van der Waals surface area contributed by atoms with E-state index in [2.05, 4.69) is 6.58 Å². The second-order valence-electron chi connectivity index (χ2n) is 9.49. The molecule has 0 unspecified atom stereocenters. The molecular weight excluding hydrogens is 472 g/mol. The van der Waals surface area contributed by atoms with E-state index in [-0.39, 0.29) is 17.4 Å². The van der Waals surface area contributed by atoms with Crippen molar-refractivity contribution in [3.8, 4) is 17.2 Å². The highest BCUT2D eigenvalue weighted by Crippen LogP contribution is 2.42. The molecule has 1 saturated heterocycles. The van der Waals surface area contributed by atoms with Crippen LogP contribution in [0.4, 0.5) is 0 Å². The molecule has 2 heterocycles. The second kappa shape index (κ2) is 11.1. The lowest BCUT2D eigenvalue weighted by Crippen LogP contribution is -2.35. The van der Waals surface area contributed by atoms with E-state index >= 15 is 0 Å². The zero-order valence-corrected chi connectivity index (χ0v) is 21.8. The van der Waals surface area contributed by atoms with Gasteiger partial charge < -0.3 is 29.1 Å². The van der Waals surface area contributed by atoms with Gasteiger partial charge in [-0.05, 0) is 69.4 Å². The summed E-state index contributed by atoms with van der Waals surface area (Å²) in [6.45, 7) is 9.11. The molecule has 1 fully saturated rings. The Balaban J connectivity index is 1.83. The normalized spacial score (nSPS) is 20.2. The zero-order chi connectivity index (χ0) is 26.7. The lowest BCUT2D eigenvalue weighted by molar-refractivity contribution is -0.140. The maximum Gasteiger partial charge on any atom is 0.295 e. The van der Waals surface area contributed by atoms with E-state index in [1.54, 1.807) is 36.4 Å². The van der Waals surface area contributed by atoms with Crippen LogP contribution in [0.3, 0.4) is 0 Å². The van der Waals surface area contributed by atoms with Gasteiger partial charge in [0.1, 0.15) is 24.2 Å². The predicted molar refractivity (Wildman–Crippen MR) is 141 cm³/mol. The summed E-state index contributed by atoms with van der Waals surface area (Å²) in [5.74, 6) is 0.228. The first-order valence-electron chi connectivity index (χ1n) is 12.5. The lowest BCUT2D eigenvalue weighted by Gasteiger charge is -2.27. The highest BCUT2D eigenvalue weighted by molar-refractivity contribution is 6.46. The fourth-order valence-electron chi connectivity index (χ4n) is 4.72. The lowest BCUT2D eigenvalue weighted by atomic mass is 9.94. The molecule has 0 bridgehead atoms. The Morgan fingerprint density at radius 3 is 2.68 bits per heavy atom. The molecule has 0 saturated carbocycles. The number of likely N-dealkylation sites (N-methyl/N-ethyl adjacent to an activating group) is 1. The van der Waals surface area contributed by atoms with E-state index < -0.39 is 17.7 Å². The molecule has 2 aliphatic rings. The third-order valence-corrected chi connectivity index (χ3v) is 6.44. The van der Waals surface area contributed by atoms with Gasteiger partial charge in [-0.1, -0.05) is 18.7 Å². The average Bonchev–Trinajstić information content (AvgIpc) is 3.36. The van der Waals surface area contributed by atoms with Crippen LogP contribution in [0.1, 0.15) is 36.6 Å². The molecule has 0 aromatic heterocycles. The van der Waals surface area contributed by atoms with E-state index in [1.807, 2.05) is 38.9 Å². The molecule has 2 atom stereocenters. The van der Waals surface area contributed by atoms with Crippen LogP contribution < -0.4 is 14.2 Å². The number of likely N-dealkylation sites (tertiary alicyclic amines) is 1. The smallest absolute Gasteiger partial charge is 0.295 e. The number of ether oxygens (including phenoxy) is 3. The monoisotopic (exact) mass is 506 g/mol. The molecule has 196 valence electrons. The number of fused-ring (bicyclic) bond motifs is 1. The first-order valence-corrected chi connectivity index (χ1v) is 12.5. The molecule has 2 aliphatic heterocycles. The molecule has 0 spiro atoms. The summed E-state index contributed by atoms with van der Waals surface area (Å²) >= 11 is 0. The van der Waals surface area contributed by atoms with Gasteiger partial charge in [-0.25, -0.2) is 0 Å².